The van der Waals surface area contributed by atoms with E-state index in [1.54, 1.807) is 26.8 Å². The second-order valence-electron chi connectivity index (χ2n) is 11.2. The fourth-order valence-electron chi connectivity index (χ4n) is 4.37. The van der Waals surface area contributed by atoms with Gasteiger partial charge in [0.05, 0.1) is 26.0 Å². The maximum atomic E-state index is 13.7. The number of pyridine rings is 1. The summed E-state index contributed by atoms with van der Waals surface area (Å²) in [5, 5.41) is 11.5. The molecule has 2 aromatic rings. The van der Waals surface area contributed by atoms with E-state index < -0.39 is 46.9 Å². The van der Waals surface area contributed by atoms with Gasteiger partial charge >= 0.3 is 11.9 Å². The summed E-state index contributed by atoms with van der Waals surface area (Å²) >= 11 is 0. The van der Waals surface area contributed by atoms with Gasteiger partial charge in [0.15, 0.2) is 0 Å². The number of carboxylic acids is 1. The summed E-state index contributed by atoms with van der Waals surface area (Å²) in [6.45, 7) is 10.9. The third-order valence-electron chi connectivity index (χ3n) is 6.13. The number of amides is 1. The zero-order valence-corrected chi connectivity index (χ0v) is 22.0. The molecule has 9 nitrogen and oxygen atoms in total. The number of hydrogen-bond donors (Lipinski definition) is 1. The van der Waals surface area contributed by atoms with Crippen molar-refractivity contribution >= 4 is 28.6 Å². The average molecular weight is 501 g/mol. The van der Waals surface area contributed by atoms with Crippen molar-refractivity contribution in [1.29, 1.82) is 0 Å². The Labute approximate surface area is 211 Å². The minimum atomic E-state index is -1.12. The summed E-state index contributed by atoms with van der Waals surface area (Å²) in [6.07, 6.45) is -0.645. The first-order valence-corrected chi connectivity index (χ1v) is 12.0. The van der Waals surface area contributed by atoms with Gasteiger partial charge in [-0.15, -0.1) is 0 Å². The van der Waals surface area contributed by atoms with Gasteiger partial charge in [-0.25, -0.2) is 4.79 Å². The first-order valence-electron chi connectivity index (χ1n) is 12.0. The highest BCUT2D eigenvalue weighted by atomic mass is 16.6. The van der Waals surface area contributed by atoms with Crippen molar-refractivity contribution in [2.45, 2.75) is 72.1 Å². The minimum absolute atomic E-state index is 0.0594. The van der Waals surface area contributed by atoms with Gasteiger partial charge in [0, 0.05) is 17.9 Å². The Morgan fingerprint density at radius 2 is 1.81 bits per heavy atom. The van der Waals surface area contributed by atoms with Crippen LogP contribution >= 0.6 is 0 Å². The van der Waals surface area contributed by atoms with E-state index in [9.17, 15) is 19.5 Å². The van der Waals surface area contributed by atoms with Crippen molar-refractivity contribution in [3.05, 3.63) is 30.3 Å². The Kier molecular flexibility index (Phi) is 7.81. The first kappa shape index (κ1) is 27.2. The molecule has 3 atom stereocenters. The molecule has 196 valence electrons. The monoisotopic (exact) mass is 500 g/mol. The molecule has 0 unspecified atom stereocenters. The number of benzene rings is 1. The Balaban J connectivity index is 1.86. The summed E-state index contributed by atoms with van der Waals surface area (Å²) in [4.78, 5) is 44.1. The molecular formula is C27H36N2O7. The number of aromatic nitrogens is 1. The summed E-state index contributed by atoms with van der Waals surface area (Å²) in [5.41, 5.74) is -1.29. The summed E-state index contributed by atoms with van der Waals surface area (Å²) in [7, 11) is 1.51. The molecule has 1 amide bonds. The normalized spacial score (nSPS) is 19.1. The zero-order valence-electron chi connectivity index (χ0n) is 22.0. The smallest absolute Gasteiger partial charge is 0.326 e. The van der Waals surface area contributed by atoms with Gasteiger partial charge in [-0.2, -0.15) is 4.98 Å². The van der Waals surface area contributed by atoms with E-state index in [0.717, 1.165) is 10.8 Å². The number of hydrogen-bond acceptors (Lipinski definition) is 7. The van der Waals surface area contributed by atoms with Crippen LogP contribution in [0.1, 0.15) is 54.4 Å². The van der Waals surface area contributed by atoms with E-state index in [0.29, 0.717) is 11.8 Å². The van der Waals surface area contributed by atoms with E-state index in [1.807, 2.05) is 45.0 Å². The number of esters is 1. The molecule has 1 aromatic carbocycles. The molecule has 1 fully saturated rings. The highest BCUT2D eigenvalue weighted by molar-refractivity contribution is 5.89. The lowest BCUT2D eigenvalue weighted by atomic mass is 9.77. The van der Waals surface area contributed by atoms with E-state index in [2.05, 4.69) is 4.98 Å². The second-order valence-corrected chi connectivity index (χ2v) is 11.2. The van der Waals surface area contributed by atoms with Crippen LogP contribution in [-0.2, 0) is 19.1 Å². The number of fused-ring (bicyclic) bond motifs is 1. The summed E-state index contributed by atoms with van der Waals surface area (Å²) in [6, 6.07) is 8.22. The maximum absolute atomic E-state index is 13.7. The summed E-state index contributed by atoms with van der Waals surface area (Å²) in [5.74, 6) is -2.10. The second kappa shape index (κ2) is 10.3. The fourth-order valence-corrected chi connectivity index (χ4v) is 4.37. The predicted octanol–water partition coefficient (Wildman–Crippen LogP) is 4.07. The largest absolute Gasteiger partial charge is 0.481 e. The molecule has 1 aliphatic heterocycles. The van der Waals surface area contributed by atoms with Crippen molar-refractivity contribution in [3.63, 3.8) is 0 Å². The minimum Gasteiger partial charge on any atom is -0.481 e. The van der Waals surface area contributed by atoms with Crippen molar-refractivity contribution in [3.8, 4) is 11.8 Å². The lowest BCUT2D eigenvalue weighted by molar-refractivity contribution is -0.161. The van der Waals surface area contributed by atoms with Gasteiger partial charge in [-0.05, 0) is 37.6 Å². The van der Waals surface area contributed by atoms with Crippen LogP contribution in [0.2, 0.25) is 0 Å². The fraction of sp³-hybridized carbons (Fsp3) is 0.556. The van der Waals surface area contributed by atoms with Crippen molar-refractivity contribution in [2.24, 2.45) is 11.3 Å². The topological polar surface area (TPSA) is 115 Å². The maximum Gasteiger partial charge on any atom is 0.326 e. The van der Waals surface area contributed by atoms with Crippen LogP contribution in [0.3, 0.4) is 0 Å². The van der Waals surface area contributed by atoms with E-state index in [1.165, 1.54) is 12.0 Å². The van der Waals surface area contributed by atoms with Crippen molar-refractivity contribution in [2.75, 3.05) is 13.7 Å². The SMILES string of the molecule is COc1cc2ccccc2c(O[C@@H]2C[C@@H](C(=O)O)N(C(=O)[C@@H](CC(=O)OC(C)(C)C)C(C)(C)C)C2)n1. The zero-order chi connectivity index (χ0) is 26.8. The molecule has 0 spiro atoms. The standard InChI is InChI=1S/C27H36N2O7/c1-26(2,3)19(14-22(30)36-27(4,5)6)24(31)29-15-17(13-20(29)25(32)33)35-23-18-11-9-8-10-16(18)12-21(28-23)34-7/h8-12,17,19-20H,13-15H2,1-7H3,(H,32,33)/t17-,19-,20+/m1/s1. The molecule has 1 saturated heterocycles. The van der Waals surface area contributed by atoms with Crippen molar-refractivity contribution in [1.82, 2.24) is 9.88 Å². The predicted molar refractivity (Wildman–Crippen MR) is 134 cm³/mol. The third kappa shape index (κ3) is 6.44. The van der Waals surface area contributed by atoms with E-state index >= 15 is 0 Å². The molecule has 0 radical (unpaired) electrons. The number of aliphatic carboxylic acids is 1. The molecular weight excluding hydrogens is 464 g/mol. The number of likely N-dealkylation sites (tertiary alicyclic amines) is 1. The molecule has 3 rings (SSSR count). The van der Waals surface area contributed by atoms with Crippen LogP contribution in [0, 0.1) is 11.3 Å². The Morgan fingerprint density at radius 3 is 2.39 bits per heavy atom. The first-order chi connectivity index (χ1) is 16.7. The number of methoxy groups -OCH3 is 1. The molecule has 36 heavy (non-hydrogen) atoms. The van der Waals surface area contributed by atoms with Gasteiger partial charge in [0.25, 0.3) is 0 Å². The quantitative estimate of drug-likeness (QED) is 0.566. The highest BCUT2D eigenvalue weighted by Gasteiger charge is 2.46. The average Bonchev–Trinajstić information content (AvgIpc) is 3.19. The number of carboxylic acid groups (broad SMARTS) is 1. The molecule has 1 N–H and O–H groups in total. The molecule has 2 heterocycles. The highest BCUT2D eigenvalue weighted by Crippen LogP contribution is 2.35. The van der Waals surface area contributed by atoms with Crippen molar-refractivity contribution < 1.29 is 33.7 Å². The number of ether oxygens (including phenoxy) is 3. The number of carbonyl (C=O) groups excluding carboxylic acids is 2. The molecule has 9 heteroatoms. The van der Waals surface area contributed by atoms with E-state index in [4.69, 9.17) is 14.2 Å². The Hall–Kier alpha value is -3.36. The van der Waals surface area contributed by atoms with Gasteiger partial charge in [0.1, 0.15) is 17.7 Å². The lowest BCUT2D eigenvalue weighted by Crippen LogP contribution is -2.47. The number of rotatable bonds is 7. The molecule has 0 bridgehead atoms. The molecule has 0 saturated carbocycles. The van der Waals surface area contributed by atoms with Gasteiger partial charge in [0.2, 0.25) is 17.7 Å². The van der Waals surface area contributed by atoms with Crippen LogP contribution < -0.4 is 9.47 Å². The Morgan fingerprint density at radius 1 is 1.14 bits per heavy atom. The lowest BCUT2D eigenvalue weighted by Gasteiger charge is -2.34. The van der Waals surface area contributed by atoms with Gasteiger partial charge in [-0.3, -0.25) is 9.59 Å². The van der Waals surface area contributed by atoms with Crippen LogP contribution in [0.5, 0.6) is 11.8 Å². The molecule has 0 aliphatic carbocycles. The Bertz CT molecular complexity index is 1130. The van der Waals surface area contributed by atoms with Crippen LogP contribution in [0.25, 0.3) is 10.8 Å². The summed E-state index contributed by atoms with van der Waals surface area (Å²) < 4.78 is 16.9. The van der Waals surface area contributed by atoms with E-state index in [-0.39, 0.29) is 19.4 Å². The number of carbonyl (C=O) groups is 3. The number of nitrogens with zero attached hydrogens (tertiary/aromatic N) is 2. The van der Waals surface area contributed by atoms with Crippen LogP contribution in [0.15, 0.2) is 30.3 Å². The van der Waals surface area contributed by atoms with Crippen LogP contribution in [0.4, 0.5) is 0 Å². The van der Waals surface area contributed by atoms with Gasteiger partial charge in [-0.1, -0.05) is 39.0 Å². The third-order valence-corrected chi connectivity index (χ3v) is 6.13. The van der Waals surface area contributed by atoms with Crippen LogP contribution in [-0.4, -0.2) is 64.2 Å². The van der Waals surface area contributed by atoms with Gasteiger partial charge < -0.3 is 24.2 Å². The molecule has 1 aliphatic rings. The molecule has 1 aromatic heterocycles.